The number of nitrogens with zero attached hydrogens (tertiary/aromatic N) is 3. The van der Waals surface area contributed by atoms with Crippen molar-refractivity contribution in [2.75, 3.05) is 0 Å². The second-order valence-corrected chi connectivity index (χ2v) is 5.81. The Morgan fingerprint density at radius 3 is 2.80 bits per heavy atom. The summed E-state index contributed by atoms with van der Waals surface area (Å²) in [5.74, 6) is 0.831. The van der Waals surface area contributed by atoms with E-state index in [0.717, 1.165) is 5.56 Å². The van der Waals surface area contributed by atoms with Crippen molar-refractivity contribution in [3.8, 4) is 5.75 Å². The molecule has 108 valence electrons. The van der Waals surface area contributed by atoms with Crippen LogP contribution in [0.2, 0.25) is 0 Å². The maximum atomic E-state index is 11.6. The molecule has 2 rings (SSSR count). The SMILES string of the molecule is CCn1ncnc1COc1ccc(C)cc1S(N)(=O)=O. The van der Waals surface area contributed by atoms with Crippen LogP contribution in [0.25, 0.3) is 0 Å². The number of aryl methyl sites for hydroxylation is 2. The lowest BCUT2D eigenvalue weighted by atomic mass is 10.2. The molecule has 2 N–H and O–H groups in total. The highest BCUT2D eigenvalue weighted by Crippen LogP contribution is 2.24. The number of ether oxygens (including phenoxy) is 1. The maximum Gasteiger partial charge on any atom is 0.241 e. The lowest BCUT2D eigenvalue weighted by molar-refractivity contribution is 0.280. The Hall–Kier alpha value is -1.93. The third kappa shape index (κ3) is 3.14. The Kier molecular flexibility index (Phi) is 4.05. The molecule has 0 amide bonds. The molecule has 0 aliphatic heterocycles. The summed E-state index contributed by atoms with van der Waals surface area (Å²) in [7, 11) is -3.83. The summed E-state index contributed by atoms with van der Waals surface area (Å²) in [6.45, 7) is 4.50. The molecule has 0 aliphatic carbocycles. The van der Waals surface area contributed by atoms with E-state index in [0.29, 0.717) is 12.4 Å². The number of rotatable bonds is 5. The lowest BCUT2D eigenvalue weighted by Crippen LogP contribution is -2.15. The van der Waals surface area contributed by atoms with Gasteiger partial charge in [0.05, 0.1) is 0 Å². The Morgan fingerprint density at radius 1 is 1.40 bits per heavy atom. The quantitative estimate of drug-likeness (QED) is 0.881. The highest BCUT2D eigenvalue weighted by atomic mass is 32.2. The number of sulfonamides is 1. The summed E-state index contributed by atoms with van der Waals surface area (Å²) < 4.78 is 30.3. The molecule has 0 unspecified atom stereocenters. The minimum atomic E-state index is -3.83. The van der Waals surface area contributed by atoms with E-state index in [4.69, 9.17) is 9.88 Å². The number of aromatic nitrogens is 3. The average Bonchev–Trinajstić information content (AvgIpc) is 2.83. The van der Waals surface area contributed by atoms with Gasteiger partial charge in [0.2, 0.25) is 10.0 Å². The molecular weight excluding hydrogens is 280 g/mol. The minimum absolute atomic E-state index is 0.0277. The van der Waals surface area contributed by atoms with Gasteiger partial charge in [-0.25, -0.2) is 23.2 Å². The molecule has 0 atom stereocenters. The molecule has 0 spiro atoms. The smallest absolute Gasteiger partial charge is 0.241 e. The number of hydrogen-bond donors (Lipinski definition) is 1. The largest absolute Gasteiger partial charge is 0.484 e. The number of benzene rings is 1. The first-order valence-corrected chi connectivity index (χ1v) is 7.59. The summed E-state index contributed by atoms with van der Waals surface area (Å²) in [5.41, 5.74) is 0.790. The van der Waals surface area contributed by atoms with Crippen molar-refractivity contribution < 1.29 is 13.2 Å². The molecule has 0 saturated heterocycles. The van der Waals surface area contributed by atoms with Crippen molar-refractivity contribution >= 4 is 10.0 Å². The highest BCUT2D eigenvalue weighted by Gasteiger charge is 2.16. The van der Waals surface area contributed by atoms with Crippen molar-refractivity contribution in [1.82, 2.24) is 14.8 Å². The second kappa shape index (κ2) is 5.59. The van der Waals surface area contributed by atoms with E-state index in [1.165, 1.54) is 12.4 Å². The topological polar surface area (TPSA) is 100 Å². The van der Waals surface area contributed by atoms with E-state index >= 15 is 0 Å². The standard InChI is InChI=1S/C12H16N4O3S/c1-3-16-12(14-8-15-16)7-19-10-5-4-9(2)6-11(10)20(13,17)18/h4-6,8H,3,7H2,1-2H3,(H2,13,17,18). The molecule has 2 aromatic rings. The zero-order valence-corrected chi connectivity index (χ0v) is 12.1. The van der Waals surface area contributed by atoms with E-state index in [1.54, 1.807) is 23.7 Å². The molecule has 0 fully saturated rings. The van der Waals surface area contributed by atoms with Gasteiger partial charge in [-0.2, -0.15) is 5.10 Å². The van der Waals surface area contributed by atoms with Gasteiger partial charge in [0.15, 0.2) is 5.82 Å². The van der Waals surface area contributed by atoms with Crippen LogP contribution >= 0.6 is 0 Å². The Morgan fingerprint density at radius 2 is 2.15 bits per heavy atom. The van der Waals surface area contributed by atoms with Crippen LogP contribution in [-0.2, 0) is 23.2 Å². The van der Waals surface area contributed by atoms with Crippen LogP contribution in [-0.4, -0.2) is 23.2 Å². The fourth-order valence-electron chi connectivity index (χ4n) is 1.76. The summed E-state index contributed by atoms with van der Waals surface area (Å²) in [5, 5.41) is 9.21. The van der Waals surface area contributed by atoms with Crippen LogP contribution in [0.15, 0.2) is 29.4 Å². The first kappa shape index (κ1) is 14.5. The number of hydrogen-bond acceptors (Lipinski definition) is 5. The summed E-state index contributed by atoms with van der Waals surface area (Å²) in [4.78, 5) is 4.03. The van der Waals surface area contributed by atoms with Gasteiger partial charge in [-0.15, -0.1) is 0 Å². The van der Waals surface area contributed by atoms with Crippen molar-refractivity contribution in [3.05, 3.63) is 35.9 Å². The van der Waals surface area contributed by atoms with Crippen LogP contribution in [0, 0.1) is 6.92 Å². The zero-order chi connectivity index (χ0) is 14.8. The number of nitrogens with two attached hydrogens (primary N) is 1. The van der Waals surface area contributed by atoms with E-state index in [-0.39, 0.29) is 17.3 Å². The van der Waals surface area contributed by atoms with Crippen LogP contribution in [0.1, 0.15) is 18.3 Å². The van der Waals surface area contributed by atoms with Crippen LogP contribution < -0.4 is 9.88 Å². The summed E-state index contributed by atoms with van der Waals surface area (Å²) >= 11 is 0. The van der Waals surface area contributed by atoms with Crippen LogP contribution in [0.3, 0.4) is 0 Å². The minimum Gasteiger partial charge on any atom is -0.484 e. The average molecular weight is 296 g/mol. The Bertz CT molecular complexity index is 709. The van der Waals surface area contributed by atoms with Crippen molar-refractivity contribution in [2.24, 2.45) is 5.14 Å². The molecule has 0 bridgehead atoms. The predicted molar refractivity (Wildman–Crippen MR) is 72.6 cm³/mol. The molecule has 8 heteroatoms. The summed E-state index contributed by atoms with van der Waals surface area (Å²) in [6.07, 6.45) is 1.43. The molecule has 20 heavy (non-hydrogen) atoms. The van der Waals surface area contributed by atoms with Crippen molar-refractivity contribution in [3.63, 3.8) is 0 Å². The summed E-state index contributed by atoms with van der Waals surface area (Å²) in [6, 6.07) is 4.82. The van der Waals surface area contributed by atoms with Gasteiger partial charge in [-0.05, 0) is 31.5 Å². The normalized spacial score (nSPS) is 11.6. The van der Waals surface area contributed by atoms with Gasteiger partial charge in [-0.3, -0.25) is 0 Å². The lowest BCUT2D eigenvalue weighted by Gasteiger charge is -2.11. The zero-order valence-electron chi connectivity index (χ0n) is 11.3. The number of primary sulfonamides is 1. The fourth-order valence-corrected chi connectivity index (χ4v) is 2.52. The molecule has 0 aliphatic rings. The van der Waals surface area contributed by atoms with Crippen LogP contribution in [0.4, 0.5) is 0 Å². The van der Waals surface area contributed by atoms with Gasteiger partial charge >= 0.3 is 0 Å². The van der Waals surface area contributed by atoms with E-state index < -0.39 is 10.0 Å². The highest BCUT2D eigenvalue weighted by molar-refractivity contribution is 7.89. The third-order valence-electron chi connectivity index (χ3n) is 2.76. The monoisotopic (exact) mass is 296 g/mol. The Labute approximate surface area is 117 Å². The molecule has 7 nitrogen and oxygen atoms in total. The van der Waals surface area contributed by atoms with E-state index in [2.05, 4.69) is 10.1 Å². The molecular formula is C12H16N4O3S. The Balaban J connectivity index is 2.26. The van der Waals surface area contributed by atoms with Crippen molar-refractivity contribution in [1.29, 1.82) is 0 Å². The van der Waals surface area contributed by atoms with Gasteiger partial charge in [0.1, 0.15) is 23.6 Å². The van der Waals surface area contributed by atoms with Gasteiger partial charge in [0, 0.05) is 6.54 Å². The van der Waals surface area contributed by atoms with E-state index in [1.807, 2.05) is 6.92 Å². The molecule has 1 aromatic heterocycles. The van der Waals surface area contributed by atoms with E-state index in [9.17, 15) is 8.42 Å². The fraction of sp³-hybridized carbons (Fsp3) is 0.333. The first-order chi connectivity index (χ1) is 9.41. The molecule has 0 radical (unpaired) electrons. The molecule has 1 aromatic carbocycles. The van der Waals surface area contributed by atoms with Gasteiger partial charge in [-0.1, -0.05) is 6.07 Å². The third-order valence-corrected chi connectivity index (χ3v) is 3.69. The molecule has 1 heterocycles. The predicted octanol–water partition coefficient (Wildman–Crippen LogP) is 0.833. The van der Waals surface area contributed by atoms with Crippen molar-refractivity contribution in [2.45, 2.75) is 31.9 Å². The van der Waals surface area contributed by atoms with Crippen LogP contribution in [0.5, 0.6) is 5.75 Å². The molecule has 0 saturated carbocycles. The first-order valence-electron chi connectivity index (χ1n) is 6.04. The van der Waals surface area contributed by atoms with Gasteiger partial charge in [0.25, 0.3) is 0 Å². The second-order valence-electron chi connectivity index (χ2n) is 4.28. The maximum absolute atomic E-state index is 11.6. The van der Waals surface area contributed by atoms with Gasteiger partial charge < -0.3 is 4.74 Å².